The molecule has 1 aliphatic heterocycles. The fourth-order valence-electron chi connectivity index (χ4n) is 2.54. The number of benzene rings is 1. The zero-order chi connectivity index (χ0) is 14.4. The molecule has 19 heavy (non-hydrogen) atoms. The average molecular weight is 325 g/mol. The highest BCUT2D eigenvalue weighted by molar-refractivity contribution is 9.10. The molecule has 0 spiro atoms. The zero-order valence-electron chi connectivity index (χ0n) is 11.5. The summed E-state index contributed by atoms with van der Waals surface area (Å²) in [7, 11) is 0. The van der Waals surface area contributed by atoms with Crippen LogP contribution in [0.1, 0.15) is 39.4 Å². The summed E-state index contributed by atoms with van der Waals surface area (Å²) in [5.74, 6) is -0.533. The summed E-state index contributed by atoms with van der Waals surface area (Å²) in [6.07, 6.45) is -0.534. The number of ketones is 1. The van der Waals surface area contributed by atoms with E-state index < -0.39 is 22.9 Å². The van der Waals surface area contributed by atoms with Crippen molar-refractivity contribution in [3.05, 3.63) is 34.3 Å². The Kier molecular flexibility index (Phi) is 3.33. The summed E-state index contributed by atoms with van der Waals surface area (Å²) in [4.78, 5) is 24.5. The van der Waals surface area contributed by atoms with Crippen LogP contribution in [0.25, 0.3) is 0 Å². The Bertz CT molecular complexity index is 529. The highest BCUT2D eigenvalue weighted by Gasteiger charge is 2.55. The molecule has 0 radical (unpaired) electrons. The van der Waals surface area contributed by atoms with Gasteiger partial charge >= 0.3 is 5.97 Å². The van der Waals surface area contributed by atoms with Crippen LogP contribution in [-0.4, -0.2) is 11.8 Å². The van der Waals surface area contributed by atoms with E-state index in [-0.39, 0.29) is 5.78 Å². The fourth-order valence-corrected chi connectivity index (χ4v) is 2.81. The molecule has 0 N–H and O–H groups in total. The molecule has 1 heterocycles. The first-order valence-electron chi connectivity index (χ1n) is 6.19. The van der Waals surface area contributed by atoms with Crippen molar-refractivity contribution in [1.29, 1.82) is 0 Å². The number of hydrogen-bond acceptors (Lipinski definition) is 3. The average Bonchev–Trinajstić information content (AvgIpc) is 2.34. The molecule has 1 aromatic carbocycles. The minimum atomic E-state index is -1.07. The minimum Gasteiger partial charge on any atom is -0.456 e. The van der Waals surface area contributed by atoms with Gasteiger partial charge in [0.25, 0.3) is 0 Å². The van der Waals surface area contributed by atoms with Crippen molar-refractivity contribution >= 4 is 27.7 Å². The van der Waals surface area contributed by atoms with E-state index >= 15 is 0 Å². The molecular formula is C15H17BrO3. The summed E-state index contributed by atoms with van der Waals surface area (Å²) in [5.41, 5.74) is -0.967. The Morgan fingerprint density at radius 2 is 1.58 bits per heavy atom. The van der Waals surface area contributed by atoms with Crippen LogP contribution in [0.3, 0.4) is 0 Å². The topological polar surface area (TPSA) is 43.4 Å². The number of rotatable bonds is 1. The third-order valence-corrected chi connectivity index (χ3v) is 4.24. The van der Waals surface area contributed by atoms with Crippen molar-refractivity contribution < 1.29 is 14.3 Å². The highest BCUT2D eigenvalue weighted by atomic mass is 79.9. The highest BCUT2D eigenvalue weighted by Crippen LogP contribution is 2.47. The summed E-state index contributed by atoms with van der Waals surface area (Å²) < 4.78 is 6.49. The molecule has 0 bridgehead atoms. The van der Waals surface area contributed by atoms with E-state index in [4.69, 9.17) is 4.74 Å². The Hall–Kier alpha value is -1.16. The van der Waals surface area contributed by atoms with Gasteiger partial charge in [-0.3, -0.25) is 9.59 Å². The van der Waals surface area contributed by atoms with E-state index in [9.17, 15) is 9.59 Å². The molecule has 3 nitrogen and oxygen atoms in total. The third-order valence-electron chi connectivity index (χ3n) is 3.72. The van der Waals surface area contributed by atoms with Crippen LogP contribution in [0.5, 0.6) is 0 Å². The van der Waals surface area contributed by atoms with Crippen molar-refractivity contribution in [2.75, 3.05) is 0 Å². The molecule has 1 saturated heterocycles. The first kappa shape index (κ1) is 14.3. The number of carbonyl (C=O) groups excluding carboxylic acids is 2. The van der Waals surface area contributed by atoms with Gasteiger partial charge in [-0.15, -0.1) is 0 Å². The SMILES string of the molecule is CC1(C)C(=O)O[C@@H](c2ccc(Br)cc2)C(C)(C)C1=O. The van der Waals surface area contributed by atoms with Gasteiger partial charge in [-0.1, -0.05) is 28.1 Å². The molecule has 4 heteroatoms. The van der Waals surface area contributed by atoms with Crippen LogP contribution in [-0.2, 0) is 14.3 Å². The Balaban J connectivity index is 2.45. The molecule has 1 aliphatic rings. The van der Waals surface area contributed by atoms with Gasteiger partial charge in [0.2, 0.25) is 0 Å². The van der Waals surface area contributed by atoms with Crippen LogP contribution >= 0.6 is 15.9 Å². The fraction of sp³-hybridized carbons (Fsp3) is 0.467. The lowest BCUT2D eigenvalue weighted by Crippen LogP contribution is -2.52. The summed E-state index contributed by atoms with van der Waals surface area (Å²) >= 11 is 3.37. The third kappa shape index (κ3) is 2.22. The second-order valence-corrected chi connectivity index (χ2v) is 6.93. The van der Waals surface area contributed by atoms with Crippen LogP contribution in [0, 0.1) is 10.8 Å². The van der Waals surface area contributed by atoms with Crippen molar-refractivity contribution in [3.8, 4) is 0 Å². The molecule has 1 fully saturated rings. The molecule has 0 unspecified atom stereocenters. The van der Waals surface area contributed by atoms with Crippen molar-refractivity contribution in [1.82, 2.24) is 0 Å². The summed E-state index contributed by atoms with van der Waals surface area (Å²) in [5, 5.41) is 0. The first-order valence-corrected chi connectivity index (χ1v) is 6.98. The standard InChI is InChI=1S/C15H17BrO3/c1-14(2)11(9-5-7-10(16)8-6-9)19-13(18)15(3,4)12(14)17/h5-8,11H,1-4H3/t11-/m0/s1. The second kappa shape index (κ2) is 4.44. The molecule has 0 aromatic heterocycles. The van der Waals surface area contributed by atoms with E-state index in [1.807, 2.05) is 38.1 Å². The van der Waals surface area contributed by atoms with E-state index in [0.717, 1.165) is 10.0 Å². The van der Waals surface area contributed by atoms with E-state index in [1.54, 1.807) is 13.8 Å². The first-order chi connectivity index (χ1) is 8.67. The van der Waals surface area contributed by atoms with Crippen LogP contribution in [0.2, 0.25) is 0 Å². The van der Waals surface area contributed by atoms with Crippen LogP contribution in [0.4, 0.5) is 0 Å². The molecule has 1 aromatic rings. The number of halogens is 1. The molecule has 102 valence electrons. The monoisotopic (exact) mass is 324 g/mol. The Labute approximate surface area is 121 Å². The Morgan fingerprint density at radius 1 is 1.05 bits per heavy atom. The van der Waals surface area contributed by atoms with Gasteiger partial charge in [-0.2, -0.15) is 0 Å². The minimum absolute atomic E-state index is 0.0795. The zero-order valence-corrected chi connectivity index (χ0v) is 13.1. The van der Waals surface area contributed by atoms with Crippen molar-refractivity contribution in [2.24, 2.45) is 10.8 Å². The Morgan fingerprint density at radius 3 is 2.11 bits per heavy atom. The maximum atomic E-state index is 12.5. The molecule has 0 aliphatic carbocycles. The second-order valence-electron chi connectivity index (χ2n) is 6.01. The van der Waals surface area contributed by atoms with Gasteiger partial charge in [0, 0.05) is 4.47 Å². The van der Waals surface area contributed by atoms with Gasteiger partial charge in [0.1, 0.15) is 11.5 Å². The number of hydrogen-bond donors (Lipinski definition) is 0. The van der Waals surface area contributed by atoms with Crippen LogP contribution < -0.4 is 0 Å². The van der Waals surface area contributed by atoms with Crippen molar-refractivity contribution in [3.63, 3.8) is 0 Å². The number of esters is 1. The van der Waals surface area contributed by atoms with E-state index in [0.29, 0.717) is 0 Å². The largest absolute Gasteiger partial charge is 0.456 e. The number of carbonyl (C=O) groups is 2. The van der Waals surface area contributed by atoms with E-state index in [1.165, 1.54) is 0 Å². The van der Waals surface area contributed by atoms with Crippen molar-refractivity contribution in [2.45, 2.75) is 33.8 Å². The maximum absolute atomic E-state index is 12.5. The lowest BCUT2D eigenvalue weighted by Gasteiger charge is -2.43. The summed E-state index contributed by atoms with van der Waals surface area (Å²) in [6.45, 7) is 6.90. The smallest absolute Gasteiger partial charge is 0.319 e. The molecule has 0 amide bonds. The molecule has 2 rings (SSSR count). The van der Waals surface area contributed by atoms with Gasteiger partial charge in [-0.05, 0) is 45.4 Å². The number of Topliss-reactive ketones (excluding diaryl/α,β-unsaturated/α-hetero) is 1. The lowest BCUT2D eigenvalue weighted by molar-refractivity contribution is -0.186. The summed E-state index contributed by atoms with van der Waals surface area (Å²) in [6, 6.07) is 7.50. The van der Waals surface area contributed by atoms with Gasteiger partial charge in [-0.25, -0.2) is 0 Å². The normalized spacial score (nSPS) is 25.0. The number of cyclic esters (lactones) is 1. The molecule has 0 saturated carbocycles. The number of ether oxygens (including phenoxy) is 1. The predicted octanol–water partition coefficient (Wildman–Crippen LogP) is 3.67. The quantitative estimate of drug-likeness (QED) is 0.584. The van der Waals surface area contributed by atoms with Crippen LogP contribution in [0.15, 0.2) is 28.7 Å². The van der Waals surface area contributed by atoms with E-state index in [2.05, 4.69) is 15.9 Å². The molecular weight excluding hydrogens is 308 g/mol. The molecule has 1 atom stereocenters. The van der Waals surface area contributed by atoms with Gasteiger partial charge < -0.3 is 4.74 Å². The predicted molar refractivity (Wildman–Crippen MR) is 75.5 cm³/mol. The maximum Gasteiger partial charge on any atom is 0.319 e. The lowest BCUT2D eigenvalue weighted by atomic mass is 9.67. The van der Waals surface area contributed by atoms with Gasteiger partial charge in [0.15, 0.2) is 5.78 Å². The van der Waals surface area contributed by atoms with Gasteiger partial charge in [0.05, 0.1) is 5.41 Å².